The summed E-state index contributed by atoms with van der Waals surface area (Å²) in [6.45, 7) is 2.43. The number of hydrogen-bond acceptors (Lipinski definition) is 6. The summed E-state index contributed by atoms with van der Waals surface area (Å²) in [6, 6.07) is 9.96. The Morgan fingerprint density at radius 2 is 2.17 bits per heavy atom. The lowest BCUT2D eigenvalue weighted by Crippen LogP contribution is -2.45. The van der Waals surface area contributed by atoms with Crippen molar-refractivity contribution in [3.63, 3.8) is 0 Å². The summed E-state index contributed by atoms with van der Waals surface area (Å²) in [5, 5.41) is 1.48. The van der Waals surface area contributed by atoms with Gasteiger partial charge in [0.15, 0.2) is 0 Å². The molecule has 0 amide bonds. The number of ether oxygens (including phenoxy) is 1. The number of nitrogens with two attached hydrogens (primary N) is 1. The van der Waals surface area contributed by atoms with Crippen LogP contribution in [0.3, 0.4) is 0 Å². The zero-order valence-electron chi connectivity index (χ0n) is 13.5. The molecule has 1 atom stereocenters. The molecule has 0 saturated heterocycles. The Morgan fingerprint density at radius 1 is 1.35 bits per heavy atom. The average Bonchev–Trinajstić information content (AvgIpc) is 2.58. The van der Waals surface area contributed by atoms with Gasteiger partial charge in [-0.2, -0.15) is 0 Å². The standard InChI is InChI=1S/C17H20N4O2/c1-17(11-23-21(2)16(18)20-17)13-6-4-5-12(9-13)14-10-19-8-7-15(14)22-3/h4-10H,11H2,1-3H3,(H2,18,20). The smallest absolute Gasteiger partial charge is 0.216 e. The predicted molar refractivity (Wildman–Crippen MR) is 88.9 cm³/mol. The van der Waals surface area contributed by atoms with Gasteiger partial charge in [-0.1, -0.05) is 18.2 Å². The molecule has 120 valence electrons. The first-order chi connectivity index (χ1) is 11.0. The van der Waals surface area contributed by atoms with Crippen LogP contribution >= 0.6 is 0 Å². The quantitative estimate of drug-likeness (QED) is 0.940. The number of rotatable bonds is 3. The van der Waals surface area contributed by atoms with E-state index >= 15 is 0 Å². The van der Waals surface area contributed by atoms with E-state index in [0.29, 0.717) is 12.6 Å². The molecule has 0 radical (unpaired) electrons. The Balaban J connectivity index is 2.04. The van der Waals surface area contributed by atoms with Gasteiger partial charge in [0.05, 0.1) is 7.11 Å². The van der Waals surface area contributed by atoms with Crippen molar-refractivity contribution >= 4 is 5.96 Å². The van der Waals surface area contributed by atoms with Crippen LogP contribution in [0.2, 0.25) is 0 Å². The molecular weight excluding hydrogens is 292 g/mol. The third-order valence-electron chi connectivity index (χ3n) is 4.02. The van der Waals surface area contributed by atoms with E-state index < -0.39 is 5.54 Å². The van der Waals surface area contributed by atoms with Crippen LogP contribution < -0.4 is 10.5 Å². The van der Waals surface area contributed by atoms with E-state index in [1.807, 2.05) is 31.2 Å². The maximum atomic E-state index is 5.91. The number of guanidine groups is 1. The summed E-state index contributed by atoms with van der Waals surface area (Å²) in [5.74, 6) is 1.15. The van der Waals surface area contributed by atoms with E-state index in [1.165, 1.54) is 5.06 Å². The second-order valence-electron chi connectivity index (χ2n) is 5.67. The Bertz CT molecular complexity index is 747. The van der Waals surface area contributed by atoms with E-state index in [4.69, 9.17) is 15.3 Å². The molecule has 1 aromatic heterocycles. The van der Waals surface area contributed by atoms with Crippen molar-refractivity contribution in [2.24, 2.45) is 10.7 Å². The molecule has 6 nitrogen and oxygen atoms in total. The number of pyridine rings is 1. The van der Waals surface area contributed by atoms with Crippen molar-refractivity contribution < 1.29 is 9.57 Å². The molecule has 0 saturated carbocycles. The summed E-state index contributed by atoms with van der Waals surface area (Å²) in [4.78, 5) is 14.4. The van der Waals surface area contributed by atoms with Crippen molar-refractivity contribution in [3.8, 4) is 16.9 Å². The number of hydrogen-bond donors (Lipinski definition) is 1. The van der Waals surface area contributed by atoms with E-state index in [-0.39, 0.29) is 0 Å². The van der Waals surface area contributed by atoms with Crippen molar-refractivity contribution in [3.05, 3.63) is 48.3 Å². The van der Waals surface area contributed by atoms with Crippen molar-refractivity contribution in [2.75, 3.05) is 20.8 Å². The number of benzene rings is 1. The molecule has 0 fully saturated rings. The minimum absolute atomic E-state index is 0.364. The molecule has 1 aromatic carbocycles. The van der Waals surface area contributed by atoms with Gasteiger partial charge < -0.3 is 10.5 Å². The van der Waals surface area contributed by atoms with Crippen LogP contribution in [0, 0.1) is 0 Å². The van der Waals surface area contributed by atoms with Crippen LogP contribution in [0.15, 0.2) is 47.7 Å². The van der Waals surface area contributed by atoms with Crippen molar-refractivity contribution in [1.82, 2.24) is 10.0 Å². The highest BCUT2D eigenvalue weighted by Crippen LogP contribution is 2.34. The summed E-state index contributed by atoms with van der Waals surface area (Å²) in [5.41, 5.74) is 8.36. The number of hydroxylamine groups is 2. The van der Waals surface area contributed by atoms with Gasteiger partial charge in [-0.15, -0.1) is 0 Å². The molecule has 0 spiro atoms. The minimum Gasteiger partial charge on any atom is -0.496 e. The van der Waals surface area contributed by atoms with E-state index in [1.54, 1.807) is 26.6 Å². The molecule has 6 heteroatoms. The van der Waals surface area contributed by atoms with Crippen LogP contribution in [-0.4, -0.2) is 36.8 Å². The van der Waals surface area contributed by atoms with Crippen LogP contribution in [0.4, 0.5) is 0 Å². The Morgan fingerprint density at radius 3 is 2.91 bits per heavy atom. The van der Waals surface area contributed by atoms with Gasteiger partial charge in [-0.05, 0) is 30.2 Å². The van der Waals surface area contributed by atoms with Gasteiger partial charge in [-0.3, -0.25) is 9.82 Å². The number of aliphatic imine (C=N–C) groups is 1. The zero-order chi connectivity index (χ0) is 16.4. The molecule has 0 bridgehead atoms. The maximum Gasteiger partial charge on any atom is 0.216 e. The Kier molecular flexibility index (Phi) is 3.92. The molecule has 1 aliphatic heterocycles. The largest absolute Gasteiger partial charge is 0.496 e. The van der Waals surface area contributed by atoms with Gasteiger partial charge in [-0.25, -0.2) is 10.1 Å². The normalized spacial score (nSPS) is 21.0. The number of nitrogens with zero attached hydrogens (tertiary/aromatic N) is 3. The van der Waals surface area contributed by atoms with Gasteiger partial charge in [0.2, 0.25) is 5.96 Å². The number of aromatic nitrogens is 1. The van der Waals surface area contributed by atoms with Gasteiger partial charge >= 0.3 is 0 Å². The molecule has 2 heterocycles. The molecule has 1 aliphatic rings. The Hall–Kier alpha value is -2.60. The highest BCUT2D eigenvalue weighted by molar-refractivity contribution is 5.78. The Labute approximate surface area is 135 Å². The van der Waals surface area contributed by atoms with Crippen LogP contribution in [0.5, 0.6) is 5.75 Å². The second-order valence-corrected chi connectivity index (χ2v) is 5.67. The van der Waals surface area contributed by atoms with Gasteiger partial charge in [0.25, 0.3) is 0 Å². The molecule has 23 heavy (non-hydrogen) atoms. The second kappa shape index (κ2) is 5.89. The van der Waals surface area contributed by atoms with Crippen molar-refractivity contribution in [2.45, 2.75) is 12.5 Å². The summed E-state index contributed by atoms with van der Waals surface area (Å²) in [7, 11) is 3.40. The van der Waals surface area contributed by atoms with Crippen LogP contribution in [0.1, 0.15) is 12.5 Å². The summed E-state index contributed by atoms with van der Waals surface area (Å²) in [6.07, 6.45) is 3.51. The summed E-state index contributed by atoms with van der Waals surface area (Å²) >= 11 is 0. The highest BCUT2D eigenvalue weighted by Gasteiger charge is 2.32. The number of methoxy groups -OCH3 is 1. The first kappa shape index (κ1) is 15.3. The monoisotopic (exact) mass is 312 g/mol. The van der Waals surface area contributed by atoms with E-state index in [9.17, 15) is 0 Å². The minimum atomic E-state index is -0.526. The molecule has 0 aliphatic carbocycles. The fourth-order valence-corrected chi connectivity index (χ4v) is 2.59. The third kappa shape index (κ3) is 2.85. The molecule has 3 rings (SSSR count). The summed E-state index contributed by atoms with van der Waals surface area (Å²) < 4.78 is 5.42. The lowest BCUT2D eigenvalue weighted by molar-refractivity contribution is -0.113. The van der Waals surface area contributed by atoms with Crippen LogP contribution in [-0.2, 0) is 10.4 Å². The highest BCUT2D eigenvalue weighted by atomic mass is 16.7. The average molecular weight is 312 g/mol. The van der Waals surface area contributed by atoms with Gasteiger partial charge in [0, 0.05) is 25.0 Å². The third-order valence-corrected chi connectivity index (χ3v) is 4.02. The zero-order valence-corrected chi connectivity index (χ0v) is 13.5. The molecule has 1 unspecified atom stereocenters. The first-order valence-electron chi connectivity index (χ1n) is 7.34. The van der Waals surface area contributed by atoms with Crippen LogP contribution in [0.25, 0.3) is 11.1 Å². The van der Waals surface area contributed by atoms with Crippen molar-refractivity contribution in [1.29, 1.82) is 0 Å². The first-order valence-corrected chi connectivity index (χ1v) is 7.34. The lowest BCUT2D eigenvalue weighted by Gasteiger charge is -2.34. The molecular formula is C17H20N4O2. The molecule has 2 N–H and O–H groups in total. The SMILES string of the molecule is COc1ccncc1-c1cccc(C2(C)CON(C)C(N)=N2)c1. The fourth-order valence-electron chi connectivity index (χ4n) is 2.59. The molecule has 2 aromatic rings. The van der Waals surface area contributed by atoms with Gasteiger partial charge in [0.1, 0.15) is 17.9 Å². The van der Waals surface area contributed by atoms with E-state index in [0.717, 1.165) is 22.4 Å². The van der Waals surface area contributed by atoms with E-state index in [2.05, 4.69) is 16.0 Å². The lowest BCUT2D eigenvalue weighted by atomic mass is 9.90. The fraction of sp³-hybridized carbons (Fsp3) is 0.294. The predicted octanol–water partition coefficient (Wildman–Crippen LogP) is 2.16. The maximum absolute atomic E-state index is 5.91. The topological polar surface area (TPSA) is 73.0 Å².